The van der Waals surface area contributed by atoms with E-state index in [2.05, 4.69) is 5.32 Å². The van der Waals surface area contributed by atoms with Gasteiger partial charge in [0.2, 0.25) is 5.91 Å². The van der Waals surface area contributed by atoms with Crippen molar-refractivity contribution in [3.05, 3.63) is 35.9 Å². The number of ether oxygens (including phenoxy) is 3. The number of carbonyl (C=O) groups excluding carboxylic acids is 1. The lowest BCUT2D eigenvalue weighted by Gasteiger charge is -2.44. The molecule has 1 aliphatic rings. The lowest BCUT2D eigenvalue weighted by Crippen LogP contribution is -2.66. The van der Waals surface area contributed by atoms with Crippen molar-refractivity contribution < 1.29 is 41.3 Å². The molecule has 1 aliphatic heterocycles. The van der Waals surface area contributed by atoms with E-state index in [9.17, 15) is 22.9 Å². The van der Waals surface area contributed by atoms with Crippen LogP contribution in [0.1, 0.15) is 12.5 Å². The van der Waals surface area contributed by atoms with Gasteiger partial charge in [0.15, 0.2) is 6.29 Å². The maximum Gasteiger partial charge on any atom is 0.397 e. The van der Waals surface area contributed by atoms with E-state index in [0.717, 1.165) is 5.56 Å². The summed E-state index contributed by atoms with van der Waals surface area (Å²) in [6.07, 6.45) is -4.84. The molecule has 0 aromatic heterocycles. The summed E-state index contributed by atoms with van der Waals surface area (Å²) in [4.78, 5) is 11.7. The van der Waals surface area contributed by atoms with Crippen molar-refractivity contribution in [3.8, 4) is 0 Å². The highest BCUT2D eigenvalue weighted by molar-refractivity contribution is 7.80. The van der Waals surface area contributed by atoms with E-state index in [1.807, 2.05) is 6.07 Å². The van der Waals surface area contributed by atoms with E-state index in [0.29, 0.717) is 0 Å². The van der Waals surface area contributed by atoms with Gasteiger partial charge in [-0.05, 0) is 5.56 Å². The number of amides is 1. The second kappa shape index (κ2) is 10.9. The summed E-state index contributed by atoms with van der Waals surface area (Å²) in [5, 5.41) is 12.2. The zero-order valence-electron chi connectivity index (χ0n) is 15.8. The van der Waals surface area contributed by atoms with E-state index in [4.69, 9.17) is 24.1 Å². The fourth-order valence-electron chi connectivity index (χ4n) is 2.99. The summed E-state index contributed by atoms with van der Waals surface area (Å²) < 4.78 is 53.9. The van der Waals surface area contributed by atoms with Crippen LogP contribution in [0.15, 0.2) is 30.3 Å². The van der Waals surface area contributed by atoms with Crippen molar-refractivity contribution in [2.45, 2.75) is 44.2 Å². The first-order chi connectivity index (χ1) is 13.7. The first-order valence-corrected chi connectivity index (χ1v) is 10.3. The monoisotopic (exact) mass is 434 g/mol. The highest BCUT2D eigenvalue weighted by atomic mass is 32.3. The molecular formula is C17H26N2O9S. The molecule has 29 heavy (non-hydrogen) atoms. The van der Waals surface area contributed by atoms with Crippen LogP contribution in [-0.4, -0.2) is 74.4 Å². The molecule has 1 aromatic rings. The molecule has 1 fully saturated rings. The molecule has 0 bridgehead atoms. The third-order valence-corrected chi connectivity index (χ3v) is 4.58. The molecule has 1 aromatic carbocycles. The predicted molar refractivity (Wildman–Crippen MR) is 99.8 cm³/mol. The van der Waals surface area contributed by atoms with Gasteiger partial charge < -0.3 is 30.4 Å². The molecule has 5 N–H and O–H groups in total. The summed E-state index contributed by atoms with van der Waals surface area (Å²) in [6, 6.07) is 7.82. The van der Waals surface area contributed by atoms with Crippen molar-refractivity contribution in [2.24, 2.45) is 5.73 Å². The first kappa shape index (κ1) is 23.6. The number of hydrogen-bond donors (Lipinski definition) is 4. The normalized spacial score (nSPS) is 27.5. The summed E-state index contributed by atoms with van der Waals surface area (Å²) in [5.74, 6) is -0.520. The number of aliphatic hydroxyl groups excluding tert-OH is 1. The topological polar surface area (TPSA) is 167 Å². The second-order valence-electron chi connectivity index (χ2n) is 6.36. The number of rotatable bonds is 10. The SMILES string of the molecule is CC(=O)N[C@H]1[C@@H](OCCN)O[C@H](CO)[C@@H](OCc2ccccc2)[C@@H]1OS(=O)(=O)O. The Kier molecular flexibility index (Phi) is 8.92. The zero-order chi connectivity index (χ0) is 21.4. The molecule has 12 heteroatoms. The maximum absolute atomic E-state index is 11.7. The standard InChI is InChI=1S/C17H26N2O9S/c1-11(21)19-14-16(28-29(22,23)24)15(26-10-12-5-3-2-4-6-12)13(9-20)27-17(14)25-8-7-18/h2-6,13-17,20H,7-10,18H2,1H3,(H,19,21)(H,22,23,24)/t13-,14-,15-,16-,17+/m1/s1. The van der Waals surface area contributed by atoms with Crippen LogP contribution in [0, 0.1) is 0 Å². The number of benzene rings is 1. The minimum absolute atomic E-state index is 0.0348. The average molecular weight is 434 g/mol. The van der Waals surface area contributed by atoms with E-state index >= 15 is 0 Å². The molecule has 1 amide bonds. The number of aliphatic hydroxyl groups is 1. The van der Waals surface area contributed by atoms with Crippen molar-refractivity contribution in [1.29, 1.82) is 0 Å². The van der Waals surface area contributed by atoms with Crippen LogP contribution in [0.5, 0.6) is 0 Å². The van der Waals surface area contributed by atoms with Gasteiger partial charge in [-0.1, -0.05) is 30.3 Å². The summed E-state index contributed by atoms with van der Waals surface area (Å²) >= 11 is 0. The molecule has 1 heterocycles. The summed E-state index contributed by atoms with van der Waals surface area (Å²) in [6.45, 7) is 0.863. The summed E-state index contributed by atoms with van der Waals surface area (Å²) in [7, 11) is -4.93. The highest BCUT2D eigenvalue weighted by Crippen LogP contribution is 2.28. The zero-order valence-corrected chi connectivity index (χ0v) is 16.7. The molecule has 0 aliphatic carbocycles. The minimum atomic E-state index is -4.93. The van der Waals surface area contributed by atoms with Crippen molar-refractivity contribution in [3.63, 3.8) is 0 Å². The van der Waals surface area contributed by atoms with Crippen molar-refractivity contribution in [2.75, 3.05) is 19.8 Å². The molecule has 0 unspecified atom stereocenters. The Labute approximate surface area is 169 Å². The Morgan fingerprint density at radius 2 is 1.93 bits per heavy atom. The maximum atomic E-state index is 11.7. The molecule has 1 saturated heterocycles. The van der Waals surface area contributed by atoms with E-state index in [1.165, 1.54) is 6.92 Å². The lowest BCUT2D eigenvalue weighted by atomic mass is 9.96. The van der Waals surface area contributed by atoms with Gasteiger partial charge in [-0.3, -0.25) is 9.35 Å². The van der Waals surface area contributed by atoms with Gasteiger partial charge in [0.25, 0.3) is 0 Å². The Morgan fingerprint density at radius 1 is 1.24 bits per heavy atom. The minimum Gasteiger partial charge on any atom is -0.394 e. The third kappa shape index (κ3) is 7.28. The van der Waals surface area contributed by atoms with Crippen molar-refractivity contribution >= 4 is 16.3 Å². The second-order valence-corrected chi connectivity index (χ2v) is 7.41. The Bertz CT molecular complexity index is 747. The van der Waals surface area contributed by atoms with Gasteiger partial charge >= 0.3 is 10.4 Å². The first-order valence-electron chi connectivity index (χ1n) is 8.91. The van der Waals surface area contributed by atoms with Gasteiger partial charge in [-0.25, -0.2) is 4.18 Å². The molecule has 0 radical (unpaired) electrons. The number of nitrogens with one attached hydrogen (secondary N) is 1. The van der Waals surface area contributed by atoms with Crippen molar-refractivity contribution in [1.82, 2.24) is 5.32 Å². The molecule has 5 atom stereocenters. The van der Waals surface area contributed by atoms with Gasteiger partial charge in [-0.15, -0.1) is 0 Å². The molecule has 0 saturated carbocycles. The number of hydrogen-bond acceptors (Lipinski definition) is 9. The Hall–Kier alpha value is -1.64. The van der Waals surface area contributed by atoms with Crippen LogP contribution in [0.25, 0.3) is 0 Å². The molecule has 0 spiro atoms. The average Bonchev–Trinajstić information content (AvgIpc) is 2.66. The molecule has 164 valence electrons. The largest absolute Gasteiger partial charge is 0.397 e. The van der Waals surface area contributed by atoms with Crippen LogP contribution >= 0.6 is 0 Å². The van der Waals surface area contributed by atoms with Gasteiger partial charge in [0, 0.05) is 13.5 Å². The third-order valence-electron chi connectivity index (χ3n) is 4.11. The van der Waals surface area contributed by atoms with Gasteiger partial charge in [0.1, 0.15) is 24.4 Å². The quantitative estimate of drug-likeness (QED) is 0.334. The predicted octanol–water partition coefficient (Wildman–Crippen LogP) is -1.04. The van der Waals surface area contributed by atoms with Crippen LogP contribution in [-0.2, 0) is 40.2 Å². The van der Waals surface area contributed by atoms with E-state index < -0.39 is 53.6 Å². The fourth-order valence-corrected chi connectivity index (χ4v) is 3.50. The Morgan fingerprint density at radius 3 is 2.48 bits per heavy atom. The number of carbonyl (C=O) groups is 1. The van der Waals surface area contributed by atoms with Crippen LogP contribution in [0.3, 0.4) is 0 Å². The molecular weight excluding hydrogens is 408 g/mol. The highest BCUT2D eigenvalue weighted by Gasteiger charge is 2.50. The number of nitrogens with two attached hydrogens (primary N) is 1. The van der Waals surface area contributed by atoms with Gasteiger partial charge in [-0.2, -0.15) is 8.42 Å². The molecule has 2 rings (SSSR count). The van der Waals surface area contributed by atoms with Crippen LogP contribution in [0.2, 0.25) is 0 Å². The van der Waals surface area contributed by atoms with E-state index in [1.54, 1.807) is 24.3 Å². The summed E-state index contributed by atoms with van der Waals surface area (Å²) in [5.41, 5.74) is 6.20. The van der Waals surface area contributed by atoms with E-state index in [-0.39, 0.29) is 19.8 Å². The molecule has 11 nitrogen and oxygen atoms in total. The smallest absolute Gasteiger partial charge is 0.394 e. The van der Waals surface area contributed by atoms with Crippen LogP contribution in [0.4, 0.5) is 0 Å². The van der Waals surface area contributed by atoms with Gasteiger partial charge in [0.05, 0.1) is 19.8 Å². The van der Waals surface area contributed by atoms with Crippen LogP contribution < -0.4 is 11.1 Å². The lowest BCUT2D eigenvalue weighted by molar-refractivity contribution is -0.275. The fraction of sp³-hybridized carbons (Fsp3) is 0.588. The Balaban J connectivity index is 2.33.